The number of carbonyl (C=O) groups excluding carboxylic acids is 1. The molecule has 4 aliphatic rings. The van der Waals surface area contributed by atoms with E-state index in [1.165, 1.54) is 6.42 Å². The Labute approximate surface area is 85.0 Å². The maximum Gasteiger partial charge on any atom is 0.309 e. The summed E-state index contributed by atoms with van der Waals surface area (Å²) in [5.74, 6) is 1.91. The van der Waals surface area contributed by atoms with Gasteiger partial charge < -0.3 is 4.74 Å². The lowest BCUT2D eigenvalue weighted by molar-refractivity contribution is -0.162. The number of esters is 1. The minimum atomic E-state index is -0.0596. The molecule has 0 N–H and O–H groups in total. The van der Waals surface area contributed by atoms with Crippen molar-refractivity contribution >= 4 is 5.97 Å². The van der Waals surface area contributed by atoms with Gasteiger partial charge in [0.25, 0.3) is 0 Å². The van der Waals surface area contributed by atoms with E-state index in [-0.39, 0.29) is 17.5 Å². The van der Waals surface area contributed by atoms with Gasteiger partial charge in [0.05, 0.1) is 5.92 Å². The molecule has 0 amide bonds. The van der Waals surface area contributed by atoms with Crippen molar-refractivity contribution < 1.29 is 9.53 Å². The van der Waals surface area contributed by atoms with E-state index in [0.717, 1.165) is 43.9 Å². The maximum absolute atomic E-state index is 11.8. The van der Waals surface area contributed by atoms with Crippen LogP contribution in [0.15, 0.2) is 0 Å². The highest BCUT2D eigenvalue weighted by Gasteiger charge is 2.51. The lowest BCUT2D eigenvalue weighted by atomic mass is 9.64. The van der Waals surface area contributed by atoms with Crippen LogP contribution in [0, 0.1) is 17.8 Å². The number of carbonyl (C=O) groups is 1. The van der Waals surface area contributed by atoms with Crippen LogP contribution in [0.25, 0.3) is 0 Å². The van der Waals surface area contributed by atoms with E-state index in [1.807, 2.05) is 0 Å². The molecule has 0 aromatic heterocycles. The van der Waals surface area contributed by atoms with E-state index >= 15 is 0 Å². The van der Waals surface area contributed by atoms with Gasteiger partial charge in [0.1, 0.15) is 5.60 Å². The fourth-order valence-corrected chi connectivity index (χ4v) is 3.97. The van der Waals surface area contributed by atoms with Crippen molar-refractivity contribution in [1.29, 1.82) is 0 Å². The van der Waals surface area contributed by atoms with Crippen LogP contribution in [0.1, 0.15) is 45.4 Å². The van der Waals surface area contributed by atoms with Crippen LogP contribution in [-0.2, 0) is 9.53 Å². The van der Waals surface area contributed by atoms with Crippen LogP contribution in [-0.4, -0.2) is 11.6 Å². The Morgan fingerprint density at radius 2 is 1.93 bits per heavy atom. The molecule has 4 fully saturated rings. The van der Waals surface area contributed by atoms with Crippen LogP contribution in [0.3, 0.4) is 0 Å². The van der Waals surface area contributed by atoms with Crippen LogP contribution >= 0.6 is 0 Å². The number of hydrogen-bond donors (Lipinski definition) is 0. The first-order valence-corrected chi connectivity index (χ1v) is 5.93. The molecule has 2 saturated heterocycles. The SMILES string of the molecule is CCC12C[C@@H]3CC(C[C@@H](C3)C1)C(=O)O2. The second kappa shape index (κ2) is 2.74. The average Bonchev–Trinajstić information content (AvgIpc) is 2.29. The van der Waals surface area contributed by atoms with E-state index in [4.69, 9.17) is 4.74 Å². The monoisotopic (exact) mass is 194 g/mol. The zero-order valence-electron chi connectivity index (χ0n) is 8.79. The Balaban J connectivity index is 1.99. The van der Waals surface area contributed by atoms with Gasteiger partial charge in [-0.2, -0.15) is 0 Å². The smallest absolute Gasteiger partial charge is 0.309 e. The number of rotatable bonds is 1. The Kier molecular flexibility index (Phi) is 1.71. The van der Waals surface area contributed by atoms with Gasteiger partial charge in [-0.25, -0.2) is 0 Å². The standard InChI is InChI=1S/C12H18O2/c1-2-12-6-8-3-9(7-12)5-10(4-8)11(13)14-12/h8-10H,2-7H2,1H3/t8-,9+,10?,12?. The molecule has 0 aromatic carbocycles. The minimum Gasteiger partial charge on any atom is -0.459 e. The van der Waals surface area contributed by atoms with Gasteiger partial charge in [0, 0.05) is 0 Å². The first kappa shape index (κ1) is 8.75. The average molecular weight is 194 g/mol. The van der Waals surface area contributed by atoms with Gasteiger partial charge in [-0.3, -0.25) is 4.79 Å². The van der Waals surface area contributed by atoms with Crippen molar-refractivity contribution in [1.82, 2.24) is 0 Å². The summed E-state index contributed by atoms with van der Waals surface area (Å²) in [6, 6.07) is 0. The topological polar surface area (TPSA) is 26.3 Å². The van der Waals surface area contributed by atoms with E-state index in [2.05, 4.69) is 6.92 Å². The van der Waals surface area contributed by atoms with Crippen LogP contribution in [0.5, 0.6) is 0 Å². The van der Waals surface area contributed by atoms with E-state index in [0.29, 0.717) is 0 Å². The molecule has 4 bridgehead atoms. The summed E-state index contributed by atoms with van der Waals surface area (Å²) in [5.41, 5.74) is -0.0596. The first-order valence-electron chi connectivity index (χ1n) is 5.93. The summed E-state index contributed by atoms with van der Waals surface area (Å²) < 4.78 is 5.73. The molecule has 2 aliphatic heterocycles. The van der Waals surface area contributed by atoms with E-state index < -0.39 is 0 Å². The Morgan fingerprint density at radius 3 is 2.50 bits per heavy atom. The second-order valence-electron chi connectivity index (χ2n) is 5.50. The van der Waals surface area contributed by atoms with Gasteiger partial charge in [-0.05, 0) is 50.4 Å². The number of ether oxygens (including phenoxy) is 1. The van der Waals surface area contributed by atoms with Crippen molar-refractivity contribution in [2.45, 2.75) is 51.0 Å². The van der Waals surface area contributed by atoms with Gasteiger partial charge in [-0.15, -0.1) is 0 Å². The number of hydrogen-bond acceptors (Lipinski definition) is 2. The molecule has 4 atom stereocenters. The normalized spacial score (nSPS) is 50.4. The fourth-order valence-electron chi connectivity index (χ4n) is 3.97. The lowest BCUT2D eigenvalue weighted by Gasteiger charge is -2.42. The van der Waals surface area contributed by atoms with Crippen molar-refractivity contribution in [3.8, 4) is 0 Å². The Bertz CT molecular complexity index is 257. The zero-order chi connectivity index (χ0) is 9.76. The summed E-state index contributed by atoms with van der Waals surface area (Å²) in [7, 11) is 0. The van der Waals surface area contributed by atoms with E-state index in [9.17, 15) is 4.79 Å². The van der Waals surface area contributed by atoms with Crippen molar-refractivity contribution in [2.75, 3.05) is 0 Å². The third kappa shape index (κ3) is 1.12. The molecule has 78 valence electrons. The summed E-state index contributed by atoms with van der Waals surface area (Å²) in [6.45, 7) is 2.17. The third-order valence-electron chi connectivity index (χ3n) is 4.52. The largest absolute Gasteiger partial charge is 0.459 e. The highest BCUT2D eigenvalue weighted by Crippen LogP contribution is 2.52. The Hall–Kier alpha value is -0.530. The molecule has 2 unspecified atom stereocenters. The second-order valence-corrected chi connectivity index (χ2v) is 5.50. The quantitative estimate of drug-likeness (QED) is 0.599. The Morgan fingerprint density at radius 1 is 1.29 bits per heavy atom. The first-order chi connectivity index (χ1) is 6.71. The summed E-state index contributed by atoms with van der Waals surface area (Å²) >= 11 is 0. The fraction of sp³-hybridized carbons (Fsp3) is 0.917. The molecule has 4 rings (SSSR count). The minimum absolute atomic E-state index is 0.0596. The molecular weight excluding hydrogens is 176 g/mol. The molecule has 2 heterocycles. The molecule has 2 saturated carbocycles. The summed E-state index contributed by atoms with van der Waals surface area (Å²) in [5, 5.41) is 0. The van der Waals surface area contributed by atoms with Gasteiger partial charge in [0.2, 0.25) is 0 Å². The molecule has 14 heavy (non-hydrogen) atoms. The molecule has 2 heteroatoms. The molecule has 0 radical (unpaired) electrons. The van der Waals surface area contributed by atoms with Crippen molar-refractivity contribution in [3.05, 3.63) is 0 Å². The molecule has 0 aromatic rings. The van der Waals surface area contributed by atoms with E-state index in [1.54, 1.807) is 0 Å². The summed E-state index contributed by atoms with van der Waals surface area (Å²) in [4.78, 5) is 11.8. The van der Waals surface area contributed by atoms with Crippen LogP contribution in [0.2, 0.25) is 0 Å². The predicted molar refractivity (Wildman–Crippen MR) is 52.7 cm³/mol. The lowest BCUT2D eigenvalue weighted by Crippen LogP contribution is -2.40. The van der Waals surface area contributed by atoms with Crippen molar-refractivity contribution in [3.63, 3.8) is 0 Å². The van der Waals surface area contributed by atoms with Crippen LogP contribution < -0.4 is 0 Å². The van der Waals surface area contributed by atoms with Gasteiger partial charge >= 0.3 is 5.97 Å². The molecular formula is C12H18O2. The number of fused-ring (bicyclic) bond motifs is 1. The highest BCUT2D eigenvalue weighted by atomic mass is 16.6. The van der Waals surface area contributed by atoms with Crippen LogP contribution in [0.4, 0.5) is 0 Å². The van der Waals surface area contributed by atoms with Gasteiger partial charge in [-0.1, -0.05) is 6.92 Å². The maximum atomic E-state index is 11.8. The third-order valence-corrected chi connectivity index (χ3v) is 4.52. The van der Waals surface area contributed by atoms with Crippen molar-refractivity contribution in [2.24, 2.45) is 17.8 Å². The molecule has 2 nitrogen and oxygen atoms in total. The molecule has 2 aliphatic carbocycles. The van der Waals surface area contributed by atoms with Gasteiger partial charge in [0.15, 0.2) is 0 Å². The predicted octanol–water partition coefficient (Wildman–Crippen LogP) is 2.52. The highest BCUT2D eigenvalue weighted by molar-refractivity contribution is 5.74. The summed E-state index contributed by atoms with van der Waals surface area (Å²) in [6.07, 6.45) is 6.87. The molecule has 0 spiro atoms. The zero-order valence-corrected chi connectivity index (χ0v) is 8.79.